The number of ether oxygens (including phenoxy) is 2. The molecular formula is C33H41N9O4S. The van der Waals surface area contributed by atoms with Gasteiger partial charge in [-0.25, -0.2) is 9.98 Å². The smallest absolute Gasteiger partial charge is 0.267 e. The standard InChI is InChI=1S/C33H41N9O4S/c1-18(23-7-5-13-42(23)2)46-26-14-25(38-12-9-22(35)32(44)39-19-16-45-17-19)40-31(41-26)28(36)20-6-3-10-33(29(20)43)11-4-8-24-27(33)21(15-34)30(37)47-24/h9,12,14,18-19,23H,3-8,10-11,13,16-17,35-37H2,1-2H3,(H,39,44)/t18-,23-,33-/m0/s1. The summed E-state index contributed by atoms with van der Waals surface area (Å²) >= 11 is 1.41. The molecule has 2 aliphatic carbocycles. The number of carbonyl (C=O) groups is 2. The molecule has 2 aromatic heterocycles. The Hall–Kier alpha value is -4.32. The number of amides is 1. The van der Waals surface area contributed by atoms with E-state index in [4.69, 9.17) is 26.7 Å². The zero-order valence-corrected chi connectivity index (χ0v) is 27.6. The van der Waals surface area contributed by atoms with Crippen LogP contribution in [0.4, 0.5) is 10.8 Å². The van der Waals surface area contributed by atoms with Gasteiger partial charge in [0.05, 0.1) is 41.6 Å². The molecule has 14 heteroatoms. The lowest BCUT2D eigenvalue weighted by Crippen LogP contribution is -2.49. The minimum Gasteiger partial charge on any atom is -0.473 e. The minimum absolute atomic E-state index is 0.0123. The number of nitrogens with zero attached hydrogens (tertiary/aromatic N) is 5. The number of aryl methyl sites for hydroxylation is 1. The van der Waals surface area contributed by atoms with Crippen molar-refractivity contribution >= 4 is 45.8 Å². The number of ketones is 1. The Morgan fingerprint density at radius 3 is 2.72 bits per heavy atom. The number of carbonyl (C=O) groups excluding carboxylic acids is 2. The largest absolute Gasteiger partial charge is 0.473 e. The number of allylic oxidation sites excluding steroid dienone is 2. The van der Waals surface area contributed by atoms with Crippen molar-refractivity contribution in [3.8, 4) is 11.9 Å². The lowest BCUT2D eigenvalue weighted by molar-refractivity contribution is -0.123. The van der Waals surface area contributed by atoms with Crippen LogP contribution in [0.3, 0.4) is 0 Å². The molecule has 3 atom stereocenters. The summed E-state index contributed by atoms with van der Waals surface area (Å²) in [5, 5.41) is 13.2. The van der Waals surface area contributed by atoms with Crippen LogP contribution in [0.15, 0.2) is 28.4 Å². The Kier molecular flexibility index (Phi) is 9.32. The molecule has 3 fully saturated rings. The summed E-state index contributed by atoms with van der Waals surface area (Å²) in [6, 6.07) is 4.02. The van der Waals surface area contributed by atoms with E-state index in [0.717, 1.165) is 42.7 Å². The first kappa shape index (κ1) is 32.6. The van der Waals surface area contributed by atoms with Gasteiger partial charge in [-0.15, -0.1) is 11.3 Å². The van der Waals surface area contributed by atoms with Gasteiger partial charge in [-0.3, -0.25) is 14.5 Å². The van der Waals surface area contributed by atoms with E-state index < -0.39 is 11.3 Å². The van der Waals surface area contributed by atoms with Crippen molar-refractivity contribution in [2.45, 2.75) is 81.9 Å². The molecule has 0 unspecified atom stereocenters. The second-order valence-corrected chi connectivity index (χ2v) is 13.9. The predicted molar refractivity (Wildman–Crippen MR) is 179 cm³/mol. The SMILES string of the molecule is C[C@H](Oc1cc(N=CC=C(N)C(=O)NC2COC2)nc(C(N)=C2CCC[C@@]3(CCCc4sc(N)c(C#N)c43)C2=O)n1)[C@@H]1CCCN1C. The Labute approximate surface area is 277 Å². The van der Waals surface area contributed by atoms with Gasteiger partial charge in [-0.1, -0.05) is 0 Å². The summed E-state index contributed by atoms with van der Waals surface area (Å²) in [7, 11) is 2.08. The third-order valence-electron chi connectivity index (χ3n) is 9.72. The fourth-order valence-electron chi connectivity index (χ4n) is 7.23. The highest BCUT2D eigenvalue weighted by Gasteiger charge is 2.49. The summed E-state index contributed by atoms with van der Waals surface area (Å²) in [5.41, 5.74) is 19.9. The van der Waals surface area contributed by atoms with Crippen molar-refractivity contribution in [1.29, 1.82) is 5.26 Å². The Bertz CT molecular complexity index is 1710. The molecule has 6 rings (SSSR count). The van der Waals surface area contributed by atoms with Gasteiger partial charge in [-0.05, 0) is 83.5 Å². The molecule has 2 aliphatic heterocycles. The van der Waals surface area contributed by atoms with Crippen LogP contribution in [0.1, 0.15) is 73.7 Å². The van der Waals surface area contributed by atoms with Crippen molar-refractivity contribution in [3.05, 3.63) is 45.2 Å². The van der Waals surface area contributed by atoms with E-state index in [0.29, 0.717) is 55.0 Å². The van der Waals surface area contributed by atoms with E-state index in [9.17, 15) is 14.9 Å². The van der Waals surface area contributed by atoms with Crippen molar-refractivity contribution in [2.24, 2.45) is 16.5 Å². The number of nitrogens with two attached hydrogens (primary N) is 3. The molecule has 4 heterocycles. The fraction of sp³-hybridized carbons (Fsp3) is 0.515. The zero-order chi connectivity index (χ0) is 33.3. The van der Waals surface area contributed by atoms with E-state index in [2.05, 4.69) is 38.3 Å². The summed E-state index contributed by atoms with van der Waals surface area (Å²) in [6.07, 6.45) is 8.73. The Morgan fingerprint density at radius 2 is 2.04 bits per heavy atom. The third kappa shape index (κ3) is 6.35. The van der Waals surface area contributed by atoms with Gasteiger partial charge in [0.15, 0.2) is 17.4 Å². The van der Waals surface area contributed by atoms with Gasteiger partial charge in [0.2, 0.25) is 5.88 Å². The average molecular weight is 660 g/mol. The van der Waals surface area contributed by atoms with Gasteiger partial charge in [-0.2, -0.15) is 10.2 Å². The Balaban J connectivity index is 1.34. The number of aromatic nitrogens is 2. The lowest BCUT2D eigenvalue weighted by Gasteiger charge is -2.40. The number of Topliss-reactive ketones (excluding diaryl/α,β-unsaturated/α-hetero) is 1. The number of nitriles is 1. The summed E-state index contributed by atoms with van der Waals surface area (Å²) < 4.78 is 11.4. The van der Waals surface area contributed by atoms with Crippen molar-refractivity contribution in [2.75, 3.05) is 32.5 Å². The first-order chi connectivity index (χ1) is 22.6. The van der Waals surface area contributed by atoms with Crippen molar-refractivity contribution in [3.63, 3.8) is 0 Å². The quantitative estimate of drug-likeness (QED) is 0.239. The molecule has 0 radical (unpaired) electrons. The maximum absolute atomic E-state index is 14.5. The monoisotopic (exact) mass is 659 g/mol. The number of aliphatic imine (C=N–C) groups is 1. The number of hydrogen-bond acceptors (Lipinski definition) is 13. The van der Waals surface area contributed by atoms with Crippen LogP contribution < -0.4 is 27.3 Å². The molecule has 1 saturated carbocycles. The van der Waals surface area contributed by atoms with Crippen LogP contribution >= 0.6 is 11.3 Å². The second kappa shape index (κ2) is 13.4. The number of hydrogen-bond donors (Lipinski definition) is 4. The van der Waals surface area contributed by atoms with E-state index in [-0.39, 0.29) is 52.9 Å². The summed E-state index contributed by atoms with van der Waals surface area (Å²) in [4.78, 5) is 43.8. The highest BCUT2D eigenvalue weighted by Crippen LogP contribution is 2.52. The number of likely N-dealkylation sites (tertiary alicyclic amines) is 1. The van der Waals surface area contributed by atoms with Crippen LogP contribution in [0.25, 0.3) is 5.70 Å². The van der Waals surface area contributed by atoms with E-state index >= 15 is 0 Å². The molecule has 13 nitrogen and oxygen atoms in total. The molecule has 0 bridgehead atoms. The van der Waals surface area contributed by atoms with Gasteiger partial charge < -0.3 is 32.0 Å². The molecule has 2 saturated heterocycles. The van der Waals surface area contributed by atoms with E-state index in [1.54, 1.807) is 6.07 Å². The number of nitrogen functional groups attached to an aromatic ring is 1. The maximum atomic E-state index is 14.5. The van der Waals surface area contributed by atoms with E-state index in [1.165, 1.54) is 23.6 Å². The lowest BCUT2D eigenvalue weighted by atomic mass is 9.61. The Morgan fingerprint density at radius 1 is 1.28 bits per heavy atom. The zero-order valence-electron chi connectivity index (χ0n) is 26.8. The predicted octanol–water partition coefficient (Wildman–Crippen LogP) is 2.61. The molecular weight excluding hydrogens is 618 g/mol. The molecule has 1 amide bonds. The average Bonchev–Trinajstić information content (AvgIpc) is 3.62. The first-order valence-electron chi connectivity index (χ1n) is 16.1. The molecule has 2 aromatic rings. The molecule has 7 N–H and O–H groups in total. The van der Waals surface area contributed by atoms with Crippen LogP contribution in [0, 0.1) is 11.3 Å². The number of fused-ring (bicyclic) bond motifs is 2. The molecule has 0 aromatic carbocycles. The number of nitrogens with one attached hydrogen (secondary N) is 1. The normalized spacial score (nSPS) is 25.3. The number of thiophene rings is 1. The molecule has 47 heavy (non-hydrogen) atoms. The fourth-order valence-corrected chi connectivity index (χ4v) is 8.39. The second-order valence-electron chi connectivity index (χ2n) is 12.8. The topological polar surface area (TPSA) is 208 Å². The third-order valence-corrected chi connectivity index (χ3v) is 10.8. The summed E-state index contributed by atoms with van der Waals surface area (Å²) in [5.74, 6) is 0.114. The van der Waals surface area contributed by atoms with Crippen LogP contribution in [-0.4, -0.2) is 77.8 Å². The van der Waals surface area contributed by atoms with Crippen molar-refractivity contribution in [1.82, 2.24) is 20.2 Å². The van der Waals surface area contributed by atoms with Crippen LogP contribution in [0.2, 0.25) is 0 Å². The number of likely N-dealkylation sites (N-methyl/N-ethyl adjacent to an activating group) is 1. The number of rotatable bonds is 8. The van der Waals surface area contributed by atoms with Gasteiger partial charge >= 0.3 is 0 Å². The first-order valence-corrected chi connectivity index (χ1v) is 16.9. The van der Waals surface area contributed by atoms with E-state index in [1.807, 2.05) is 6.92 Å². The minimum atomic E-state index is -0.851. The van der Waals surface area contributed by atoms with Gasteiger partial charge in [0.25, 0.3) is 5.91 Å². The number of anilines is 1. The van der Waals surface area contributed by atoms with Crippen LogP contribution in [-0.2, 0) is 26.2 Å². The van der Waals surface area contributed by atoms with Crippen molar-refractivity contribution < 1.29 is 19.1 Å². The summed E-state index contributed by atoms with van der Waals surface area (Å²) in [6.45, 7) is 3.91. The molecule has 4 aliphatic rings. The maximum Gasteiger partial charge on any atom is 0.267 e. The van der Waals surface area contributed by atoms with Crippen LogP contribution in [0.5, 0.6) is 5.88 Å². The molecule has 1 spiro atoms. The highest BCUT2D eigenvalue weighted by molar-refractivity contribution is 7.16. The van der Waals surface area contributed by atoms with Gasteiger partial charge in [0, 0.05) is 28.8 Å². The molecule has 248 valence electrons. The van der Waals surface area contributed by atoms with Gasteiger partial charge in [0.1, 0.15) is 17.2 Å². The highest BCUT2D eigenvalue weighted by atomic mass is 32.1.